The van der Waals surface area contributed by atoms with Crippen molar-refractivity contribution < 1.29 is 9.53 Å². The molecule has 0 rings (SSSR count). The summed E-state index contributed by atoms with van der Waals surface area (Å²) in [6, 6.07) is 0.275. The topological polar surface area (TPSA) is 29.5 Å². The van der Waals surface area contributed by atoms with E-state index in [2.05, 4.69) is 6.58 Å². The van der Waals surface area contributed by atoms with E-state index in [0.717, 1.165) is 25.9 Å². The summed E-state index contributed by atoms with van der Waals surface area (Å²) in [5.74, 6) is -0.00996. The molecular weight excluding hydrogens is 178 g/mol. The second-order valence-electron chi connectivity index (χ2n) is 3.49. The van der Waals surface area contributed by atoms with Crippen molar-refractivity contribution in [1.82, 2.24) is 4.90 Å². The van der Waals surface area contributed by atoms with E-state index in [1.807, 2.05) is 14.0 Å². The van der Waals surface area contributed by atoms with Crippen molar-refractivity contribution in [2.45, 2.75) is 32.2 Å². The van der Waals surface area contributed by atoms with Gasteiger partial charge in [-0.05, 0) is 32.3 Å². The second-order valence-corrected chi connectivity index (χ2v) is 3.49. The molecule has 0 aromatic heterocycles. The van der Waals surface area contributed by atoms with E-state index in [4.69, 9.17) is 4.74 Å². The Bertz CT molecular complexity index is 180. The Hall–Kier alpha value is -0.830. The quantitative estimate of drug-likeness (QED) is 0.462. The molecule has 0 spiro atoms. The first kappa shape index (κ1) is 13.2. The molecule has 0 aliphatic rings. The predicted octanol–water partition coefficient (Wildman–Crippen LogP) is 1.84. The first-order valence-corrected chi connectivity index (χ1v) is 5.01. The summed E-state index contributed by atoms with van der Waals surface area (Å²) in [6.07, 6.45) is 4.51. The minimum atomic E-state index is -0.00996. The molecule has 0 aliphatic heterocycles. The fourth-order valence-corrected chi connectivity index (χ4v) is 1.24. The van der Waals surface area contributed by atoms with Gasteiger partial charge in [0.15, 0.2) is 0 Å². The molecule has 0 heterocycles. The molecule has 0 fully saturated rings. The molecular formula is C11H21NO2. The van der Waals surface area contributed by atoms with Crippen molar-refractivity contribution in [3.63, 3.8) is 0 Å². The van der Waals surface area contributed by atoms with Crippen LogP contribution in [0, 0.1) is 0 Å². The van der Waals surface area contributed by atoms with Gasteiger partial charge in [-0.3, -0.25) is 4.79 Å². The predicted molar refractivity (Wildman–Crippen MR) is 58.2 cm³/mol. The Labute approximate surface area is 86.7 Å². The molecule has 3 nitrogen and oxygen atoms in total. The van der Waals surface area contributed by atoms with Crippen LogP contribution in [-0.4, -0.2) is 37.6 Å². The maximum atomic E-state index is 11.2. The van der Waals surface area contributed by atoms with E-state index in [9.17, 15) is 4.79 Å². The Kier molecular flexibility index (Phi) is 7.11. The molecule has 1 unspecified atom stereocenters. The number of hydrogen-bond donors (Lipinski definition) is 0. The van der Waals surface area contributed by atoms with E-state index in [-0.39, 0.29) is 11.9 Å². The van der Waals surface area contributed by atoms with Gasteiger partial charge in [0.25, 0.3) is 0 Å². The average Bonchev–Trinajstić information content (AvgIpc) is 2.21. The van der Waals surface area contributed by atoms with Crippen LogP contribution in [0.2, 0.25) is 0 Å². The number of hydrogen-bond acceptors (Lipinski definition) is 2. The summed E-state index contributed by atoms with van der Waals surface area (Å²) < 4.78 is 4.96. The molecule has 0 aromatic rings. The molecule has 0 radical (unpaired) electrons. The third-order valence-electron chi connectivity index (χ3n) is 2.40. The van der Waals surface area contributed by atoms with E-state index in [1.165, 1.54) is 6.08 Å². The average molecular weight is 199 g/mol. The van der Waals surface area contributed by atoms with Crippen LogP contribution in [-0.2, 0) is 9.53 Å². The number of nitrogens with zero attached hydrogens (tertiary/aromatic N) is 1. The summed E-state index contributed by atoms with van der Waals surface area (Å²) in [6.45, 7) is 6.31. The summed E-state index contributed by atoms with van der Waals surface area (Å²) in [5, 5.41) is 0. The minimum Gasteiger partial charge on any atom is -0.385 e. The Morgan fingerprint density at radius 1 is 1.57 bits per heavy atom. The van der Waals surface area contributed by atoms with Crippen LogP contribution in [0.3, 0.4) is 0 Å². The summed E-state index contributed by atoms with van der Waals surface area (Å²) in [7, 11) is 3.52. The first-order chi connectivity index (χ1) is 6.63. The van der Waals surface area contributed by atoms with Gasteiger partial charge < -0.3 is 9.64 Å². The van der Waals surface area contributed by atoms with E-state index < -0.39 is 0 Å². The SMILES string of the molecule is C=CC(=O)N(C)C(C)CCCCOC. The van der Waals surface area contributed by atoms with Gasteiger partial charge in [0.2, 0.25) is 5.91 Å². The maximum Gasteiger partial charge on any atom is 0.245 e. The van der Waals surface area contributed by atoms with Crippen LogP contribution in [0.1, 0.15) is 26.2 Å². The van der Waals surface area contributed by atoms with Crippen LogP contribution in [0.15, 0.2) is 12.7 Å². The van der Waals surface area contributed by atoms with Crippen molar-refractivity contribution in [3.05, 3.63) is 12.7 Å². The Balaban J connectivity index is 3.66. The lowest BCUT2D eigenvalue weighted by molar-refractivity contribution is -0.126. The van der Waals surface area contributed by atoms with Crippen LogP contribution >= 0.6 is 0 Å². The van der Waals surface area contributed by atoms with Gasteiger partial charge in [0, 0.05) is 26.8 Å². The van der Waals surface area contributed by atoms with Gasteiger partial charge in [0.1, 0.15) is 0 Å². The number of amides is 1. The molecule has 1 atom stereocenters. The van der Waals surface area contributed by atoms with Gasteiger partial charge in [-0.15, -0.1) is 0 Å². The fourth-order valence-electron chi connectivity index (χ4n) is 1.24. The molecule has 0 N–H and O–H groups in total. The van der Waals surface area contributed by atoms with Gasteiger partial charge >= 0.3 is 0 Å². The zero-order valence-electron chi connectivity index (χ0n) is 9.45. The van der Waals surface area contributed by atoms with Crippen LogP contribution in [0.25, 0.3) is 0 Å². The molecule has 0 aromatic carbocycles. The molecule has 82 valence electrons. The monoisotopic (exact) mass is 199 g/mol. The number of rotatable bonds is 7. The zero-order valence-corrected chi connectivity index (χ0v) is 9.45. The maximum absolute atomic E-state index is 11.2. The molecule has 0 saturated heterocycles. The van der Waals surface area contributed by atoms with E-state index >= 15 is 0 Å². The van der Waals surface area contributed by atoms with Crippen molar-refractivity contribution in [2.75, 3.05) is 20.8 Å². The number of methoxy groups -OCH3 is 1. The number of carbonyl (C=O) groups is 1. The lowest BCUT2D eigenvalue weighted by atomic mass is 10.1. The highest BCUT2D eigenvalue weighted by molar-refractivity contribution is 5.86. The lowest BCUT2D eigenvalue weighted by Crippen LogP contribution is -2.33. The molecule has 0 bridgehead atoms. The number of unbranched alkanes of at least 4 members (excludes halogenated alkanes) is 1. The van der Waals surface area contributed by atoms with Crippen molar-refractivity contribution in [1.29, 1.82) is 0 Å². The number of likely N-dealkylation sites (N-methyl/N-ethyl adjacent to an activating group) is 1. The van der Waals surface area contributed by atoms with E-state index in [0.29, 0.717) is 0 Å². The van der Waals surface area contributed by atoms with Gasteiger partial charge in [-0.1, -0.05) is 6.58 Å². The molecule has 3 heteroatoms. The fraction of sp³-hybridized carbons (Fsp3) is 0.727. The minimum absolute atomic E-state index is 0.00996. The summed E-state index contributed by atoms with van der Waals surface area (Å²) in [5.41, 5.74) is 0. The van der Waals surface area contributed by atoms with Gasteiger partial charge in [0.05, 0.1) is 0 Å². The van der Waals surface area contributed by atoms with Crippen molar-refractivity contribution >= 4 is 5.91 Å². The number of ether oxygens (including phenoxy) is 1. The standard InChI is InChI=1S/C11H21NO2/c1-5-11(13)12(3)10(2)8-6-7-9-14-4/h5,10H,1,6-9H2,2-4H3. The van der Waals surface area contributed by atoms with Crippen molar-refractivity contribution in [3.8, 4) is 0 Å². The summed E-state index contributed by atoms with van der Waals surface area (Å²) in [4.78, 5) is 12.9. The molecule has 0 saturated carbocycles. The molecule has 14 heavy (non-hydrogen) atoms. The van der Waals surface area contributed by atoms with Crippen LogP contribution in [0.4, 0.5) is 0 Å². The molecule has 0 aliphatic carbocycles. The largest absolute Gasteiger partial charge is 0.385 e. The summed E-state index contributed by atoms with van der Waals surface area (Å²) >= 11 is 0. The van der Waals surface area contributed by atoms with Crippen LogP contribution in [0.5, 0.6) is 0 Å². The van der Waals surface area contributed by atoms with E-state index in [1.54, 1.807) is 12.0 Å². The first-order valence-electron chi connectivity index (χ1n) is 5.01. The Morgan fingerprint density at radius 2 is 2.21 bits per heavy atom. The highest BCUT2D eigenvalue weighted by Crippen LogP contribution is 2.07. The smallest absolute Gasteiger partial charge is 0.245 e. The third-order valence-corrected chi connectivity index (χ3v) is 2.40. The third kappa shape index (κ3) is 5.02. The lowest BCUT2D eigenvalue weighted by Gasteiger charge is -2.23. The normalized spacial score (nSPS) is 12.2. The Morgan fingerprint density at radius 3 is 2.71 bits per heavy atom. The van der Waals surface area contributed by atoms with Gasteiger partial charge in [-0.2, -0.15) is 0 Å². The highest BCUT2D eigenvalue weighted by Gasteiger charge is 2.11. The van der Waals surface area contributed by atoms with Crippen molar-refractivity contribution in [2.24, 2.45) is 0 Å². The molecule has 1 amide bonds. The highest BCUT2D eigenvalue weighted by atomic mass is 16.5. The van der Waals surface area contributed by atoms with Crippen LogP contribution < -0.4 is 0 Å². The van der Waals surface area contributed by atoms with Gasteiger partial charge in [-0.25, -0.2) is 0 Å². The number of carbonyl (C=O) groups excluding carboxylic acids is 1. The zero-order chi connectivity index (χ0) is 11.0. The second kappa shape index (κ2) is 7.56.